The molecule has 0 saturated heterocycles. The first-order valence-electron chi connectivity index (χ1n) is 8.95. The molecule has 2 aromatic rings. The number of hydrogen-bond acceptors (Lipinski definition) is 3. The molecular weight excluding hydrogens is 360 g/mol. The summed E-state index contributed by atoms with van der Waals surface area (Å²) < 4.78 is 25.9. The van der Waals surface area contributed by atoms with Gasteiger partial charge in [0.15, 0.2) is 0 Å². The lowest BCUT2D eigenvalue weighted by Gasteiger charge is -2.25. The molecule has 0 aliphatic heterocycles. The first-order chi connectivity index (χ1) is 12.5. The zero-order chi connectivity index (χ0) is 20.4. The molecule has 0 aliphatic rings. The molecule has 2 rings (SSSR count). The number of rotatable bonds is 6. The second-order valence-corrected chi connectivity index (χ2v) is 9.14. The summed E-state index contributed by atoms with van der Waals surface area (Å²) in [5.41, 5.74) is 5.08. The minimum Gasteiger partial charge on any atom is -0.324 e. The molecule has 0 saturated carbocycles. The van der Waals surface area contributed by atoms with Crippen LogP contribution in [0.15, 0.2) is 36.4 Å². The topological polar surface area (TPSA) is 66.5 Å². The Kier molecular flexibility index (Phi) is 6.31. The van der Waals surface area contributed by atoms with Crippen molar-refractivity contribution in [1.82, 2.24) is 0 Å². The summed E-state index contributed by atoms with van der Waals surface area (Å²) in [6.45, 7) is 9.56. The van der Waals surface area contributed by atoms with Gasteiger partial charge in [-0.1, -0.05) is 44.2 Å². The molecule has 1 N–H and O–H groups in total. The van der Waals surface area contributed by atoms with Gasteiger partial charge in [0.1, 0.15) is 6.54 Å². The van der Waals surface area contributed by atoms with E-state index in [-0.39, 0.29) is 18.4 Å². The fourth-order valence-electron chi connectivity index (χ4n) is 3.04. The monoisotopic (exact) mass is 388 g/mol. The first-order valence-corrected chi connectivity index (χ1v) is 10.8. The molecule has 0 unspecified atom stereocenters. The van der Waals surface area contributed by atoms with Gasteiger partial charge in [-0.25, -0.2) is 8.42 Å². The van der Waals surface area contributed by atoms with Gasteiger partial charge in [0, 0.05) is 5.69 Å². The Morgan fingerprint density at radius 1 is 1.04 bits per heavy atom. The van der Waals surface area contributed by atoms with Crippen LogP contribution in [0.3, 0.4) is 0 Å². The van der Waals surface area contributed by atoms with Crippen LogP contribution in [0.25, 0.3) is 0 Å². The molecule has 0 atom stereocenters. The molecule has 0 radical (unpaired) electrons. The van der Waals surface area contributed by atoms with Crippen molar-refractivity contribution in [2.24, 2.45) is 0 Å². The van der Waals surface area contributed by atoms with Gasteiger partial charge in [0.25, 0.3) is 0 Å². The van der Waals surface area contributed by atoms with Crippen LogP contribution >= 0.6 is 0 Å². The molecule has 0 spiro atoms. The quantitative estimate of drug-likeness (QED) is 0.809. The van der Waals surface area contributed by atoms with Gasteiger partial charge >= 0.3 is 0 Å². The Bertz CT molecular complexity index is 950. The molecule has 146 valence electrons. The highest BCUT2D eigenvalue weighted by Crippen LogP contribution is 2.28. The highest BCUT2D eigenvalue weighted by Gasteiger charge is 2.23. The smallest absolute Gasteiger partial charge is 0.245 e. The summed E-state index contributed by atoms with van der Waals surface area (Å²) in [6.07, 6.45) is 1.12. The maximum Gasteiger partial charge on any atom is 0.245 e. The van der Waals surface area contributed by atoms with Crippen molar-refractivity contribution < 1.29 is 13.2 Å². The van der Waals surface area contributed by atoms with E-state index in [0.717, 1.165) is 38.5 Å². The summed E-state index contributed by atoms with van der Waals surface area (Å²) in [5, 5.41) is 2.92. The number of sulfonamides is 1. The number of hydrogen-bond donors (Lipinski definition) is 1. The predicted molar refractivity (Wildman–Crippen MR) is 112 cm³/mol. The van der Waals surface area contributed by atoms with Crippen LogP contribution < -0.4 is 9.62 Å². The maximum atomic E-state index is 12.7. The van der Waals surface area contributed by atoms with Crippen molar-refractivity contribution in [1.29, 1.82) is 0 Å². The van der Waals surface area contributed by atoms with E-state index in [1.54, 1.807) is 12.1 Å². The Morgan fingerprint density at radius 3 is 2.22 bits per heavy atom. The van der Waals surface area contributed by atoms with Crippen LogP contribution in [0.4, 0.5) is 11.4 Å². The number of benzene rings is 2. The largest absolute Gasteiger partial charge is 0.324 e. The normalized spacial score (nSPS) is 11.5. The van der Waals surface area contributed by atoms with Gasteiger partial charge in [-0.15, -0.1) is 0 Å². The maximum absolute atomic E-state index is 12.7. The van der Waals surface area contributed by atoms with Crippen molar-refractivity contribution in [3.05, 3.63) is 58.7 Å². The lowest BCUT2D eigenvalue weighted by atomic mass is 9.98. The van der Waals surface area contributed by atoms with E-state index in [0.29, 0.717) is 5.69 Å². The van der Waals surface area contributed by atoms with Crippen LogP contribution in [-0.4, -0.2) is 27.1 Å². The van der Waals surface area contributed by atoms with Crippen LogP contribution in [-0.2, 0) is 14.8 Å². The predicted octanol–water partition coefficient (Wildman–Crippen LogP) is 4.14. The summed E-state index contributed by atoms with van der Waals surface area (Å²) in [4.78, 5) is 12.7. The molecule has 0 fully saturated rings. The van der Waals surface area contributed by atoms with Crippen LogP contribution in [0.1, 0.15) is 42.0 Å². The summed E-state index contributed by atoms with van der Waals surface area (Å²) in [7, 11) is -3.61. The third-order valence-electron chi connectivity index (χ3n) is 4.72. The first kappa shape index (κ1) is 21.0. The average Bonchev–Trinajstić information content (AvgIpc) is 2.56. The van der Waals surface area contributed by atoms with Gasteiger partial charge in [0.05, 0.1) is 11.9 Å². The molecule has 5 nitrogen and oxygen atoms in total. The van der Waals surface area contributed by atoms with Crippen LogP contribution in [0, 0.1) is 20.8 Å². The van der Waals surface area contributed by atoms with Crippen molar-refractivity contribution in [2.45, 2.75) is 40.5 Å². The second-order valence-electron chi connectivity index (χ2n) is 7.23. The lowest BCUT2D eigenvalue weighted by molar-refractivity contribution is -0.114. The minimum absolute atomic E-state index is 0.241. The Labute approximate surface area is 162 Å². The van der Waals surface area contributed by atoms with Gasteiger partial charge in [-0.05, 0) is 55.0 Å². The third kappa shape index (κ3) is 4.89. The molecule has 0 aromatic heterocycles. The summed E-state index contributed by atoms with van der Waals surface area (Å²) in [6, 6.07) is 11.3. The number of carbonyl (C=O) groups is 1. The molecular formula is C21H28N2O3S. The summed E-state index contributed by atoms with van der Waals surface area (Å²) in [5.74, 6) is -0.122. The van der Waals surface area contributed by atoms with E-state index in [9.17, 15) is 13.2 Å². The molecule has 0 aliphatic carbocycles. The van der Waals surface area contributed by atoms with Crippen molar-refractivity contribution in [3.63, 3.8) is 0 Å². The average molecular weight is 389 g/mol. The van der Waals surface area contributed by atoms with E-state index in [1.807, 2.05) is 45.0 Å². The standard InChI is InChI=1S/C21H28N2O3S/c1-14(2)18-11-7-10-16(4)21(18)22-20(24)13-23(27(6,25)26)19-12-8-9-15(3)17(19)5/h7-12,14H,13H2,1-6H3,(H,22,24). The highest BCUT2D eigenvalue weighted by molar-refractivity contribution is 7.92. The van der Waals surface area contributed by atoms with Crippen LogP contribution in [0.2, 0.25) is 0 Å². The van der Waals surface area contributed by atoms with Gasteiger partial charge in [-0.2, -0.15) is 0 Å². The van der Waals surface area contributed by atoms with Gasteiger partial charge in [-0.3, -0.25) is 9.10 Å². The molecule has 2 aromatic carbocycles. The van der Waals surface area contributed by atoms with E-state index in [1.165, 1.54) is 0 Å². The molecule has 0 heterocycles. The Morgan fingerprint density at radius 2 is 1.63 bits per heavy atom. The second kappa shape index (κ2) is 8.13. The number of para-hydroxylation sites is 1. The number of aryl methyl sites for hydroxylation is 2. The minimum atomic E-state index is -3.61. The lowest BCUT2D eigenvalue weighted by Crippen LogP contribution is -2.38. The number of anilines is 2. The van der Waals surface area contributed by atoms with E-state index < -0.39 is 10.0 Å². The molecule has 0 bridgehead atoms. The molecule has 27 heavy (non-hydrogen) atoms. The van der Waals surface area contributed by atoms with Gasteiger partial charge < -0.3 is 5.32 Å². The fourth-order valence-corrected chi connectivity index (χ4v) is 3.95. The van der Waals surface area contributed by atoms with Crippen LogP contribution in [0.5, 0.6) is 0 Å². The van der Waals surface area contributed by atoms with E-state index >= 15 is 0 Å². The van der Waals surface area contributed by atoms with Crippen molar-refractivity contribution in [2.75, 3.05) is 22.4 Å². The number of amides is 1. The Balaban J connectivity index is 2.36. The highest BCUT2D eigenvalue weighted by atomic mass is 32.2. The number of nitrogens with zero attached hydrogens (tertiary/aromatic N) is 1. The van der Waals surface area contributed by atoms with Gasteiger partial charge in [0.2, 0.25) is 15.9 Å². The fraction of sp³-hybridized carbons (Fsp3) is 0.381. The van der Waals surface area contributed by atoms with E-state index in [4.69, 9.17) is 0 Å². The number of carbonyl (C=O) groups excluding carboxylic acids is 1. The number of nitrogens with one attached hydrogen (secondary N) is 1. The van der Waals surface area contributed by atoms with Crippen molar-refractivity contribution in [3.8, 4) is 0 Å². The molecule has 1 amide bonds. The van der Waals surface area contributed by atoms with E-state index in [2.05, 4.69) is 19.2 Å². The SMILES string of the molecule is Cc1cccc(N(CC(=O)Nc2c(C)cccc2C(C)C)S(C)(=O)=O)c1C. The summed E-state index contributed by atoms with van der Waals surface area (Å²) >= 11 is 0. The molecule has 6 heteroatoms. The third-order valence-corrected chi connectivity index (χ3v) is 5.85. The zero-order valence-electron chi connectivity index (χ0n) is 16.8. The zero-order valence-corrected chi connectivity index (χ0v) is 17.6. The van der Waals surface area contributed by atoms with Crippen molar-refractivity contribution >= 4 is 27.3 Å². The Hall–Kier alpha value is -2.34.